The zero-order valence-corrected chi connectivity index (χ0v) is 16.5. The number of hydrogen-bond acceptors (Lipinski definition) is 7. The lowest BCUT2D eigenvalue weighted by Crippen LogP contribution is -2.42. The fourth-order valence-corrected chi connectivity index (χ4v) is 4.79. The molecule has 10 heteroatoms. The van der Waals surface area contributed by atoms with Gasteiger partial charge in [0.25, 0.3) is 0 Å². The molecule has 1 saturated heterocycles. The third kappa shape index (κ3) is 4.34. The molecule has 0 aliphatic carbocycles. The second-order valence-electron chi connectivity index (χ2n) is 6.13. The summed E-state index contributed by atoms with van der Waals surface area (Å²) >= 11 is 1.25. The number of carbonyl (C=O) groups is 2. The van der Waals surface area contributed by atoms with Crippen molar-refractivity contribution < 1.29 is 22.7 Å². The van der Waals surface area contributed by atoms with Crippen LogP contribution in [-0.2, 0) is 19.6 Å². The number of benzene rings is 1. The molecule has 0 bridgehead atoms. The van der Waals surface area contributed by atoms with Crippen LogP contribution in [0.25, 0.3) is 11.3 Å². The predicted molar refractivity (Wildman–Crippen MR) is 102 cm³/mol. The molecule has 1 aromatic carbocycles. The van der Waals surface area contributed by atoms with Gasteiger partial charge in [-0.3, -0.25) is 4.79 Å². The van der Waals surface area contributed by atoms with E-state index in [-0.39, 0.29) is 5.91 Å². The molecule has 0 saturated carbocycles. The van der Waals surface area contributed by atoms with E-state index in [1.54, 1.807) is 29.6 Å². The second kappa shape index (κ2) is 7.75. The van der Waals surface area contributed by atoms with Crippen molar-refractivity contribution >= 4 is 38.4 Å². The van der Waals surface area contributed by atoms with Gasteiger partial charge in [0.1, 0.15) is 6.04 Å². The summed E-state index contributed by atoms with van der Waals surface area (Å²) in [4.78, 5) is 28.3. The molecule has 1 aromatic heterocycles. The summed E-state index contributed by atoms with van der Waals surface area (Å²) in [7, 11) is -2.10. The molecule has 1 N–H and O–H groups in total. The SMILES string of the molecule is COC(=O)c1ccc(-c2csc(NC(=O)[C@H]3CCCN3S(C)(=O)=O)n2)cc1. The van der Waals surface area contributed by atoms with E-state index in [9.17, 15) is 18.0 Å². The van der Waals surface area contributed by atoms with Crippen LogP contribution in [0.2, 0.25) is 0 Å². The Kier molecular flexibility index (Phi) is 5.59. The van der Waals surface area contributed by atoms with E-state index in [4.69, 9.17) is 0 Å². The van der Waals surface area contributed by atoms with Crippen molar-refractivity contribution in [1.82, 2.24) is 9.29 Å². The Morgan fingerprint density at radius 2 is 2.00 bits per heavy atom. The van der Waals surface area contributed by atoms with E-state index < -0.39 is 22.0 Å². The van der Waals surface area contributed by atoms with Crippen molar-refractivity contribution in [1.29, 1.82) is 0 Å². The highest BCUT2D eigenvalue weighted by Crippen LogP contribution is 2.27. The first kappa shape index (κ1) is 19.5. The lowest BCUT2D eigenvalue weighted by Gasteiger charge is -2.20. The van der Waals surface area contributed by atoms with Crippen LogP contribution in [0.5, 0.6) is 0 Å². The minimum atomic E-state index is -3.42. The summed E-state index contributed by atoms with van der Waals surface area (Å²) in [6.07, 6.45) is 2.25. The van der Waals surface area contributed by atoms with Crippen LogP contribution in [0.4, 0.5) is 5.13 Å². The largest absolute Gasteiger partial charge is 0.465 e. The average Bonchev–Trinajstić information content (AvgIpc) is 3.30. The first-order valence-electron chi connectivity index (χ1n) is 8.21. The van der Waals surface area contributed by atoms with Crippen LogP contribution in [0, 0.1) is 0 Å². The first-order valence-corrected chi connectivity index (χ1v) is 10.9. The third-order valence-corrected chi connectivity index (χ3v) is 6.32. The van der Waals surface area contributed by atoms with Crippen LogP contribution >= 0.6 is 11.3 Å². The van der Waals surface area contributed by atoms with E-state index in [0.717, 1.165) is 11.8 Å². The Morgan fingerprint density at radius 1 is 1.30 bits per heavy atom. The van der Waals surface area contributed by atoms with Crippen molar-refractivity contribution in [3.8, 4) is 11.3 Å². The molecule has 1 atom stereocenters. The number of methoxy groups -OCH3 is 1. The maximum atomic E-state index is 12.5. The molecule has 2 aromatic rings. The number of rotatable bonds is 5. The summed E-state index contributed by atoms with van der Waals surface area (Å²) in [6, 6.07) is 6.07. The average molecular weight is 409 g/mol. The molecule has 0 radical (unpaired) electrons. The fourth-order valence-electron chi connectivity index (χ4n) is 2.95. The molecule has 8 nitrogen and oxygen atoms in total. The van der Waals surface area contributed by atoms with Gasteiger partial charge in [-0.2, -0.15) is 4.31 Å². The van der Waals surface area contributed by atoms with E-state index in [1.807, 2.05) is 0 Å². The number of amides is 1. The molecule has 1 aliphatic heterocycles. The van der Waals surface area contributed by atoms with Crippen molar-refractivity contribution in [3.63, 3.8) is 0 Å². The van der Waals surface area contributed by atoms with Crippen LogP contribution in [0.15, 0.2) is 29.6 Å². The van der Waals surface area contributed by atoms with Crippen LogP contribution in [-0.4, -0.2) is 55.5 Å². The number of aromatic nitrogens is 1. The van der Waals surface area contributed by atoms with Gasteiger partial charge in [0, 0.05) is 17.5 Å². The number of nitrogens with zero attached hydrogens (tertiary/aromatic N) is 2. The number of esters is 1. The molecule has 1 fully saturated rings. The van der Waals surface area contributed by atoms with Crippen LogP contribution < -0.4 is 5.32 Å². The minimum absolute atomic E-state index is 0.354. The van der Waals surface area contributed by atoms with Gasteiger partial charge in [0.2, 0.25) is 15.9 Å². The number of ether oxygens (including phenoxy) is 1. The maximum Gasteiger partial charge on any atom is 0.337 e. The monoisotopic (exact) mass is 409 g/mol. The van der Waals surface area contributed by atoms with Gasteiger partial charge in [0.15, 0.2) is 5.13 Å². The lowest BCUT2D eigenvalue weighted by molar-refractivity contribution is -0.119. The van der Waals surface area contributed by atoms with Gasteiger partial charge in [-0.15, -0.1) is 11.3 Å². The molecular weight excluding hydrogens is 390 g/mol. The maximum absolute atomic E-state index is 12.5. The van der Waals surface area contributed by atoms with Gasteiger partial charge in [0.05, 0.1) is 24.6 Å². The second-order valence-corrected chi connectivity index (χ2v) is 8.92. The van der Waals surface area contributed by atoms with E-state index in [1.165, 1.54) is 22.8 Å². The molecular formula is C17H19N3O5S2. The highest BCUT2D eigenvalue weighted by atomic mass is 32.2. The summed E-state index contributed by atoms with van der Waals surface area (Å²) in [5, 5.41) is 4.88. The molecule has 144 valence electrons. The van der Waals surface area contributed by atoms with Gasteiger partial charge < -0.3 is 10.1 Å². The summed E-state index contributed by atoms with van der Waals surface area (Å²) < 4.78 is 29.5. The number of carbonyl (C=O) groups excluding carboxylic acids is 2. The quantitative estimate of drug-likeness (QED) is 0.757. The van der Waals surface area contributed by atoms with Crippen molar-refractivity contribution in [2.75, 3.05) is 25.2 Å². The van der Waals surface area contributed by atoms with Crippen LogP contribution in [0.3, 0.4) is 0 Å². The van der Waals surface area contributed by atoms with Crippen molar-refractivity contribution in [2.45, 2.75) is 18.9 Å². The summed E-state index contributed by atoms with van der Waals surface area (Å²) in [5.74, 6) is -0.792. The van der Waals surface area contributed by atoms with Crippen molar-refractivity contribution in [2.24, 2.45) is 0 Å². The fraction of sp³-hybridized carbons (Fsp3) is 0.353. The molecule has 0 unspecified atom stereocenters. The Morgan fingerprint density at radius 3 is 2.63 bits per heavy atom. The van der Waals surface area contributed by atoms with Gasteiger partial charge in [-0.25, -0.2) is 18.2 Å². The molecule has 3 rings (SSSR count). The molecule has 27 heavy (non-hydrogen) atoms. The third-order valence-electron chi connectivity index (χ3n) is 4.27. The topological polar surface area (TPSA) is 106 Å². The summed E-state index contributed by atoms with van der Waals surface area (Å²) in [5.41, 5.74) is 1.88. The van der Waals surface area contributed by atoms with Gasteiger partial charge in [-0.05, 0) is 25.0 Å². The number of thiazole rings is 1. The predicted octanol–water partition coefficient (Wildman–Crippen LogP) is 1.96. The highest BCUT2D eigenvalue weighted by Gasteiger charge is 2.36. The Hall–Kier alpha value is -2.30. The lowest BCUT2D eigenvalue weighted by atomic mass is 10.1. The number of sulfonamides is 1. The molecule has 0 spiro atoms. The molecule has 2 heterocycles. The van der Waals surface area contributed by atoms with E-state index >= 15 is 0 Å². The Labute approximate surface area is 161 Å². The zero-order chi connectivity index (χ0) is 19.6. The normalized spacial score (nSPS) is 17.6. The highest BCUT2D eigenvalue weighted by molar-refractivity contribution is 7.88. The van der Waals surface area contributed by atoms with Gasteiger partial charge >= 0.3 is 5.97 Å². The van der Waals surface area contributed by atoms with Gasteiger partial charge in [-0.1, -0.05) is 12.1 Å². The Bertz CT molecular complexity index is 953. The zero-order valence-electron chi connectivity index (χ0n) is 14.8. The molecule has 1 amide bonds. The number of anilines is 1. The first-order chi connectivity index (χ1) is 12.8. The number of nitrogens with one attached hydrogen (secondary N) is 1. The molecule has 1 aliphatic rings. The number of hydrogen-bond donors (Lipinski definition) is 1. The summed E-state index contributed by atoms with van der Waals surface area (Å²) in [6.45, 7) is 0.354. The van der Waals surface area contributed by atoms with E-state index in [2.05, 4.69) is 15.0 Å². The minimum Gasteiger partial charge on any atom is -0.465 e. The smallest absolute Gasteiger partial charge is 0.337 e. The van der Waals surface area contributed by atoms with E-state index in [0.29, 0.717) is 35.8 Å². The van der Waals surface area contributed by atoms with Crippen molar-refractivity contribution in [3.05, 3.63) is 35.2 Å². The standard InChI is InChI=1S/C17H19N3O5S2/c1-25-16(22)12-7-5-11(6-8-12)13-10-26-17(18-13)19-15(21)14-4-3-9-20(14)27(2,23)24/h5-8,10,14H,3-4,9H2,1-2H3,(H,18,19,21)/t14-/m1/s1. The van der Waals surface area contributed by atoms with Crippen LogP contribution in [0.1, 0.15) is 23.2 Å². The Balaban J connectivity index is 1.71.